The van der Waals surface area contributed by atoms with Crippen molar-refractivity contribution in [3.05, 3.63) is 11.8 Å². The van der Waals surface area contributed by atoms with Crippen LogP contribution in [0, 0.1) is 6.92 Å². The van der Waals surface area contributed by atoms with Gasteiger partial charge >= 0.3 is 0 Å². The van der Waals surface area contributed by atoms with Crippen LogP contribution in [0.4, 0.5) is 11.8 Å². The third-order valence-electron chi connectivity index (χ3n) is 3.20. The van der Waals surface area contributed by atoms with Crippen molar-refractivity contribution in [3.63, 3.8) is 0 Å². The summed E-state index contributed by atoms with van der Waals surface area (Å²) in [5.74, 6) is 1.31. The molecule has 0 bridgehead atoms. The number of hydrogen-bond donors (Lipinski definition) is 1. The molecule has 1 aliphatic rings. The van der Waals surface area contributed by atoms with E-state index in [4.69, 9.17) is 5.73 Å². The fourth-order valence-electron chi connectivity index (χ4n) is 2.21. The number of nitrogens with two attached hydrogens (primary N) is 1. The highest BCUT2D eigenvalue weighted by atomic mass is 16.2. The van der Waals surface area contributed by atoms with Gasteiger partial charge < -0.3 is 15.5 Å². The standard InChI is InChI=1S/C12H19N5O/c1-9-8-14-12(13)15-11(9)17-5-3-4-16(6-7-17)10(2)18/h8H,3-7H2,1-2H3,(H2,13,14,15). The normalized spacial score (nSPS) is 16.6. The van der Waals surface area contributed by atoms with Crippen LogP contribution in [-0.2, 0) is 4.79 Å². The Balaban J connectivity index is 2.14. The Morgan fingerprint density at radius 1 is 1.33 bits per heavy atom. The van der Waals surface area contributed by atoms with E-state index in [0.717, 1.165) is 44.0 Å². The molecule has 2 N–H and O–H groups in total. The molecule has 1 fully saturated rings. The van der Waals surface area contributed by atoms with Gasteiger partial charge in [-0.3, -0.25) is 4.79 Å². The van der Waals surface area contributed by atoms with Crippen LogP contribution in [0.15, 0.2) is 6.20 Å². The maximum atomic E-state index is 11.4. The van der Waals surface area contributed by atoms with Gasteiger partial charge in [0.1, 0.15) is 5.82 Å². The zero-order valence-electron chi connectivity index (χ0n) is 10.9. The summed E-state index contributed by atoms with van der Waals surface area (Å²) in [6, 6.07) is 0. The van der Waals surface area contributed by atoms with Crippen LogP contribution in [0.1, 0.15) is 18.9 Å². The van der Waals surface area contributed by atoms with Crippen molar-refractivity contribution in [2.24, 2.45) is 0 Å². The number of nitrogen functional groups attached to an aromatic ring is 1. The van der Waals surface area contributed by atoms with Gasteiger partial charge in [-0.2, -0.15) is 4.98 Å². The zero-order valence-corrected chi connectivity index (χ0v) is 10.9. The maximum Gasteiger partial charge on any atom is 0.221 e. The van der Waals surface area contributed by atoms with Gasteiger partial charge in [0.05, 0.1) is 0 Å². The average molecular weight is 249 g/mol. The molecule has 0 atom stereocenters. The third-order valence-corrected chi connectivity index (χ3v) is 3.20. The minimum absolute atomic E-state index is 0.135. The van der Waals surface area contributed by atoms with Gasteiger partial charge in [-0.25, -0.2) is 4.98 Å². The smallest absolute Gasteiger partial charge is 0.221 e. The van der Waals surface area contributed by atoms with Gasteiger partial charge in [0.25, 0.3) is 0 Å². The van der Waals surface area contributed by atoms with Gasteiger partial charge in [-0.05, 0) is 13.3 Å². The Labute approximate surface area is 107 Å². The molecule has 98 valence electrons. The quantitative estimate of drug-likeness (QED) is 0.781. The molecular weight excluding hydrogens is 230 g/mol. The second-order valence-corrected chi connectivity index (χ2v) is 4.58. The highest BCUT2D eigenvalue weighted by Gasteiger charge is 2.18. The summed E-state index contributed by atoms with van der Waals surface area (Å²) in [6.07, 6.45) is 2.69. The van der Waals surface area contributed by atoms with E-state index in [1.807, 2.05) is 11.8 Å². The molecular formula is C12H19N5O. The lowest BCUT2D eigenvalue weighted by Crippen LogP contribution is -2.34. The Kier molecular flexibility index (Phi) is 3.64. The summed E-state index contributed by atoms with van der Waals surface area (Å²) in [5, 5.41) is 0. The van der Waals surface area contributed by atoms with Crippen LogP contribution < -0.4 is 10.6 Å². The van der Waals surface area contributed by atoms with Gasteiger partial charge in [-0.1, -0.05) is 0 Å². The van der Waals surface area contributed by atoms with Gasteiger partial charge in [-0.15, -0.1) is 0 Å². The SMILES string of the molecule is CC(=O)N1CCCN(c2nc(N)ncc2C)CC1. The molecule has 0 saturated carbocycles. The molecule has 0 spiro atoms. The number of aromatic nitrogens is 2. The Bertz CT molecular complexity index is 448. The second kappa shape index (κ2) is 5.20. The number of carbonyl (C=O) groups excluding carboxylic acids is 1. The fourth-order valence-corrected chi connectivity index (χ4v) is 2.21. The maximum absolute atomic E-state index is 11.4. The molecule has 2 heterocycles. The van der Waals surface area contributed by atoms with E-state index in [0.29, 0.717) is 5.95 Å². The molecule has 1 amide bonds. The first-order valence-corrected chi connectivity index (χ1v) is 6.17. The van der Waals surface area contributed by atoms with Crippen molar-refractivity contribution < 1.29 is 4.79 Å². The fraction of sp³-hybridized carbons (Fsp3) is 0.583. The Morgan fingerprint density at radius 3 is 2.83 bits per heavy atom. The van der Waals surface area contributed by atoms with E-state index in [1.165, 1.54) is 0 Å². The molecule has 0 aromatic carbocycles. The summed E-state index contributed by atoms with van der Waals surface area (Å²) >= 11 is 0. The summed E-state index contributed by atoms with van der Waals surface area (Å²) in [4.78, 5) is 23.7. The molecule has 1 aromatic heterocycles. The number of amides is 1. The molecule has 0 aliphatic carbocycles. The summed E-state index contributed by atoms with van der Waals surface area (Å²) in [6.45, 7) is 6.81. The van der Waals surface area contributed by atoms with Crippen molar-refractivity contribution >= 4 is 17.7 Å². The van der Waals surface area contributed by atoms with E-state index in [2.05, 4.69) is 14.9 Å². The van der Waals surface area contributed by atoms with Crippen LogP contribution in [-0.4, -0.2) is 47.0 Å². The van der Waals surface area contributed by atoms with E-state index < -0.39 is 0 Å². The summed E-state index contributed by atoms with van der Waals surface area (Å²) in [5.41, 5.74) is 6.65. The first-order valence-electron chi connectivity index (χ1n) is 6.17. The molecule has 6 nitrogen and oxygen atoms in total. The van der Waals surface area contributed by atoms with Gasteiger partial charge in [0.2, 0.25) is 11.9 Å². The third kappa shape index (κ3) is 2.69. The number of rotatable bonds is 1. The average Bonchev–Trinajstić information content (AvgIpc) is 2.58. The van der Waals surface area contributed by atoms with Crippen molar-refractivity contribution in [1.82, 2.24) is 14.9 Å². The van der Waals surface area contributed by atoms with E-state index in [-0.39, 0.29) is 5.91 Å². The molecule has 6 heteroatoms. The number of carbonyl (C=O) groups is 1. The van der Waals surface area contributed by atoms with Gasteiger partial charge in [0, 0.05) is 44.9 Å². The summed E-state index contributed by atoms with van der Waals surface area (Å²) < 4.78 is 0. The van der Waals surface area contributed by atoms with Crippen LogP contribution in [0.3, 0.4) is 0 Å². The monoisotopic (exact) mass is 249 g/mol. The number of hydrogen-bond acceptors (Lipinski definition) is 5. The lowest BCUT2D eigenvalue weighted by Gasteiger charge is -2.23. The van der Waals surface area contributed by atoms with Crippen molar-refractivity contribution in [1.29, 1.82) is 0 Å². The Hall–Kier alpha value is -1.85. The summed E-state index contributed by atoms with van der Waals surface area (Å²) in [7, 11) is 0. The van der Waals surface area contributed by atoms with Gasteiger partial charge in [0.15, 0.2) is 0 Å². The lowest BCUT2D eigenvalue weighted by molar-refractivity contribution is -0.128. The molecule has 1 aliphatic heterocycles. The minimum atomic E-state index is 0.135. The molecule has 1 aromatic rings. The molecule has 0 unspecified atom stereocenters. The molecule has 18 heavy (non-hydrogen) atoms. The van der Waals surface area contributed by atoms with Crippen molar-refractivity contribution in [2.75, 3.05) is 36.8 Å². The highest BCUT2D eigenvalue weighted by molar-refractivity contribution is 5.73. The topological polar surface area (TPSA) is 75.4 Å². The number of anilines is 2. The first kappa shape index (κ1) is 12.6. The van der Waals surface area contributed by atoms with Crippen molar-refractivity contribution in [2.45, 2.75) is 20.3 Å². The van der Waals surface area contributed by atoms with E-state index >= 15 is 0 Å². The van der Waals surface area contributed by atoms with Crippen molar-refractivity contribution in [3.8, 4) is 0 Å². The second-order valence-electron chi connectivity index (χ2n) is 4.58. The number of nitrogens with zero attached hydrogens (tertiary/aromatic N) is 4. The molecule has 1 saturated heterocycles. The highest BCUT2D eigenvalue weighted by Crippen LogP contribution is 2.18. The van der Waals surface area contributed by atoms with Crippen LogP contribution in [0.25, 0.3) is 0 Å². The van der Waals surface area contributed by atoms with Crippen LogP contribution >= 0.6 is 0 Å². The molecule has 2 rings (SSSR count). The predicted octanol–water partition coefficient (Wildman–Crippen LogP) is 0.426. The minimum Gasteiger partial charge on any atom is -0.368 e. The van der Waals surface area contributed by atoms with E-state index in [9.17, 15) is 4.79 Å². The zero-order chi connectivity index (χ0) is 13.1. The largest absolute Gasteiger partial charge is 0.368 e. The Morgan fingerprint density at radius 2 is 2.11 bits per heavy atom. The van der Waals surface area contributed by atoms with E-state index in [1.54, 1.807) is 13.1 Å². The van der Waals surface area contributed by atoms with Crippen LogP contribution in [0.2, 0.25) is 0 Å². The predicted molar refractivity (Wildman–Crippen MR) is 70.3 cm³/mol. The lowest BCUT2D eigenvalue weighted by atomic mass is 10.3. The van der Waals surface area contributed by atoms with Crippen LogP contribution in [0.5, 0.6) is 0 Å². The first-order chi connectivity index (χ1) is 8.58. The number of aryl methyl sites for hydroxylation is 1. The molecule has 0 radical (unpaired) electrons.